The van der Waals surface area contributed by atoms with E-state index in [0.29, 0.717) is 11.6 Å². The third-order valence-corrected chi connectivity index (χ3v) is 5.00. The van der Waals surface area contributed by atoms with Gasteiger partial charge >= 0.3 is 13.6 Å². The Bertz CT molecular complexity index is 838. The third kappa shape index (κ3) is 9.62. The summed E-state index contributed by atoms with van der Waals surface area (Å²) in [4.78, 5) is 34.9. The molecular weight excluding hydrogens is 411 g/mol. The van der Waals surface area contributed by atoms with E-state index in [4.69, 9.17) is 20.6 Å². The summed E-state index contributed by atoms with van der Waals surface area (Å²) in [6.07, 6.45) is 10.5. The van der Waals surface area contributed by atoms with Crippen LogP contribution in [0.25, 0.3) is 5.78 Å². The molecule has 11 nitrogen and oxygen atoms in total. The van der Waals surface area contributed by atoms with Crippen LogP contribution in [0, 0.1) is 0 Å². The number of carboxylic acids is 1. The van der Waals surface area contributed by atoms with Crippen LogP contribution in [-0.2, 0) is 22.2 Å². The highest BCUT2D eigenvalue weighted by Crippen LogP contribution is 2.31. The molecule has 0 saturated carbocycles. The first-order chi connectivity index (χ1) is 14.2. The van der Waals surface area contributed by atoms with E-state index in [-0.39, 0.29) is 0 Å². The Morgan fingerprint density at radius 2 is 1.87 bits per heavy atom. The maximum absolute atomic E-state index is 10.1. The molecule has 2 aromatic heterocycles. The summed E-state index contributed by atoms with van der Waals surface area (Å²) >= 11 is 0. The van der Waals surface area contributed by atoms with Gasteiger partial charge in [0, 0.05) is 5.56 Å². The number of nitrogen functional groups attached to an aromatic ring is 1. The Hall–Kier alpha value is -2.07. The number of hydrogen-bond donors (Lipinski definition) is 5. The molecule has 0 radical (unpaired) electrons. The second-order valence-corrected chi connectivity index (χ2v) is 8.55. The third-order valence-electron chi connectivity index (χ3n) is 4.37. The van der Waals surface area contributed by atoms with Crippen LogP contribution in [0.3, 0.4) is 0 Å². The van der Waals surface area contributed by atoms with Crippen LogP contribution in [0.1, 0.15) is 63.6 Å². The fraction of sp³-hybridized carbons (Fsp3) is 0.667. The monoisotopic (exact) mass is 444 g/mol. The zero-order valence-corrected chi connectivity index (χ0v) is 18.5. The van der Waals surface area contributed by atoms with Crippen LogP contribution in [-0.4, -0.2) is 53.3 Å². The molecule has 0 aromatic carbocycles. The summed E-state index contributed by atoms with van der Waals surface area (Å²) in [6.45, 7) is 3.92. The average Bonchev–Trinajstić information content (AvgIpc) is 3.13. The van der Waals surface area contributed by atoms with E-state index in [1.165, 1.54) is 44.9 Å². The molecule has 6 N–H and O–H groups in total. The van der Waals surface area contributed by atoms with Crippen LogP contribution in [0.15, 0.2) is 6.33 Å². The number of nitrogens with zero attached hydrogens (tertiary/aromatic N) is 4. The molecule has 2 heterocycles. The van der Waals surface area contributed by atoms with Gasteiger partial charge in [0.15, 0.2) is 0 Å². The lowest BCUT2D eigenvalue weighted by atomic mass is 10.0. The largest absolute Gasteiger partial charge is 0.480 e. The molecule has 0 aliphatic carbocycles. The predicted octanol–water partition coefficient (Wildman–Crippen LogP) is 1.97. The maximum Gasteiger partial charge on any atom is 0.339 e. The molecule has 0 fully saturated rings. The fourth-order valence-electron chi connectivity index (χ4n) is 2.92. The standard InChI is InChI=1S/C15H25N5.C3H8NO5P/c1-3-5-6-7-8-9-10-13-12(4-2)14(16)20-15(19-13)17-11-18-20;5-3(6)1-4-2-10(7,8)9/h11H,3-10,16H2,1-2H3;4H,1-2H2,(H,5,6)(H2,7,8,9). The zero-order valence-electron chi connectivity index (χ0n) is 17.6. The summed E-state index contributed by atoms with van der Waals surface area (Å²) in [5.74, 6) is 0.158. The number of nitrogens with two attached hydrogens (primary N) is 1. The molecule has 0 unspecified atom stereocenters. The molecular formula is C18H33N6O5P. The van der Waals surface area contributed by atoms with Gasteiger partial charge in [0.1, 0.15) is 12.1 Å². The van der Waals surface area contributed by atoms with E-state index in [0.717, 1.165) is 24.1 Å². The Balaban J connectivity index is 0.000000382. The number of rotatable bonds is 12. The predicted molar refractivity (Wildman–Crippen MR) is 114 cm³/mol. The van der Waals surface area contributed by atoms with Crippen molar-refractivity contribution >= 4 is 25.2 Å². The molecule has 0 aliphatic rings. The lowest BCUT2D eigenvalue weighted by molar-refractivity contribution is -0.135. The molecule has 30 heavy (non-hydrogen) atoms. The minimum Gasteiger partial charge on any atom is -0.480 e. The number of unbranched alkanes of at least 4 members (excludes halogenated alkanes) is 5. The van der Waals surface area contributed by atoms with Gasteiger partial charge in [-0.15, -0.1) is 0 Å². The van der Waals surface area contributed by atoms with Gasteiger partial charge in [-0.2, -0.15) is 14.6 Å². The van der Waals surface area contributed by atoms with Gasteiger partial charge in [-0.25, -0.2) is 4.98 Å². The molecule has 0 atom stereocenters. The first kappa shape index (κ1) is 26.0. The minimum absolute atomic E-state index is 0.439. The number of aliphatic carboxylic acids is 1. The van der Waals surface area contributed by atoms with E-state index in [9.17, 15) is 9.36 Å². The SMILES string of the molecule is CCCCCCCCc1nc2ncnn2c(N)c1CC.O=C(O)CNCP(=O)(O)O. The minimum atomic E-state index is -4.10. The second-order valence-electron chi connectivity index (χ2n) is 6.91. The van der Waals surface area contributed by atoms with Crippen molar-refractivity contribution in [2.24, 2.45) is 0 Å². The number of carboxylic acid groups (broad SMARTS) is 1. The lowest BCUT2D eigenvalue weighted by Crippen LogP contribution is -2.23. The molecule has 2 rings (SSSR count). The number of hydrogen-bond acceptors (Lipinski definition) is 7. The summed E-state index contributed by atoms with van der Waals surface area (Å²) in [7, 11) is -4.10. The summed E-state index contributed by atoms with van der Waals surface area (Å²) in [5, 5.41) is 14.2. The van der Waals surface area contributed by atoms with Gasteiger partial charge in [-0.1, -0.05) is 46.0 Å². The first-order valence-corrected chi connectivity index (χ1v) is 11.9. The second kappa shape index (κ2) is 13.3. The van der Waals surface area contributed by atoms with Crippen LogP contribution in [0.2, 0.25) is 0 Å². The van der Waals surface area contributed by atoms with Gasteiger partial charge in [-0.05, 0) is 19.3 Å². The molecule has 0 spiro atoms. The molecule has 12 heteroatoms. The van der Waals surface area contributed by atoms with Gasteiger partial charge in [-0.3, -0.25) is 14.7 Å². The summed E-state index contributed by atoms with van der Waals surface area (Å²) < 4.78 is 11.7. The van der Waals surface area contributed by atoms with Crippen molar-refractivity contribution in [1.82, 2.24) is 24.9 Å². The van der Waals surface area contributed by atoms with E-state index >= 15 is 0 Å². The lowest BCUT2D eigenvalue weighted by Gasteiger charge is -2.10. The van der Waals surface area contributed by atoms with Crippen LogP contribution >= 0.6 is 7.60 Å². The average molecular weight is 444 g/mol. The van der Waals surface area contributed by atoms with Gasteiger partial charge < -0.3 is 20.6 Å². The van der Waals surface area contributed by atoms with Crippen molar-refractivity contribution < 1.29 is 24.3 Å². The Labute approximate surface area is 176 Å². The maximum atomic E-state index is 10.1. The van der Waals surface area contributed by atoms with E-state index in [1.54, 1.807) is 4.52 Å². The Morgan fingerprint density at radius 3 is 2.47 bits per heavy atom. The van der Waals surface area contributed by atoms with Gasteiger partial charge in [0.05, 0.1) is 18.5 Å². The number of anilines is 1. The van der Waals surface area contributed by atoms with Crippen molar-refractivity contribution in [3.8, 4) is 0 Å². The highest BCUT2D eigenvalue weighted by atomic mass is 31.2. The molecule has 0 amide bonds. The van der Waals surface area contributed by atoms with Crippen molar-refractivity contribution in [2.75, 3.05) is 18.6 Å². The number of nitrogens with one attached hydrogen (secondary N) is 1. The quantitative estimate of drug-likeness (QED) is 0.240. The van der Waals surface area contributed by atoms with Gasteiger partial charge in [0.25, 0.3) is 5.78 Å². The number of carbonyl (C=O) groups is 1. The highest BCUT2D eigenvalue weighted by Gasteiger charge is 2.13. The zero-order chi connectivity index (χ0) is 22.6. The topological polar surface area (TPSA) is 176 Å². The Morgan fingerprint density at radius 1 is 1.20 bits per heavy atom. The highest BCUT2D eigenvalue weighted by molar-refractivity contribution is 7.51. The van der Waals surface area contributed by atoms with Crippen LogP contribution in [0.5, 0.6) is 0 Å². The van der Waals surface area contributed by atoms with E-state index in [1.807, 2.05) is 0 Å². The number of aryl methyl sites for hydroxylation is 1. The van der Waals surface area contributed by atoms with Gasteiger partial charge in [0.2, 0.25) is 0 Å². The summed E-state index contributed by atoms with van der Waals surface area (Å²) in [5.41, 5.74) is 8.39. The number of aromatic nitrogens is 4. The molecule has 170 valence electrons. The van der Waals surface area contributed by atoms with E-state index in [2.05, 4.69) is 34.2 Å². The molecule has 2 aromatic rings. The van der Waals surface area contributed by atoms with Crippen molar-refractivity contribution in [3.05, 3.63) is 17.6 Å². The van der Waals surface area contributed by atoms with Crippen LogP contribution in [0.4, 0.5) is 5.82 Å². The molecule has 0 bridgehead atoms. The van der Waals surface area contributed by atoms with E-state index < -0.39 is 26.4 Å². The van der Waals surface area contributed by atoms with Crippen molar-refractivity contribution in [3.63, 3.8) is 0 Å². The number of fused-ring (bicyclic) bond motifs is 1. The van der Waals surface area contributed by atoms with Crippen molar-refractivity contribution in [2.45, 2.75) is 65.2 Å². The molecule has 0 saturated heterocycles. The summed E-state index contributed by atoms with van der Waals surface area (Å²) in [6, 6.07) is 0. The smallest absolute Gasteiger partial charge is 0.339 e. The normalized spacial score (nSPS) is 11.3. The first-order valence-electron chi connectivity index (χ1n) is 10.1. The fourth-order valence-corrected chi connectivity index (χ4v) is 3.32. The molecule has 0 aliphatic heterocycles. The van der Waals surface area contributed by atoms with Crippen LogP contribution < -0.4 is 11.1 Å². The van der Waals surface area contributed by atoms with Crippen molar-refractivity contribution in [1.29, 1.82) is 0 Å². The Kier molecular flexibility index (Phi) is 11.5.